The van der Waals surface area contributed by atoms with Crippen LogP contribution in [0, 0.1) is 6.92 Å². The molecule has 13 heavy (non-hydrogen) atoms. The Hall–Kier alpha value is -1.64. The minimum Gasteiger partial charge on any atom is -0.267 e. The summed E-state index contributed by atoms with van der Waals surface area (Å²) >= 11 is 0. The van der Waals surface area contributed by atoms with Crippen LogP contribution in [0.4, 0.5) is 0 Å². The van der Waals surface area contributed by atoms with Crippen LogP contribution in [0.1, 0.15) is 15.9 Å². The van der Waals surface area contributed by atoms with Crippen LogP contribution in [-0.4, -0.2) is 24.7 Å². The first-order chi connectivity index (χ1) is 6.15. The number of nitrogens with zero attached hydrogens (tertiary/aromatic N) is 2. The van der Waals surface area contributed by atoms with Crippen molar-refractivity contribution < 1.29 is 4.79 Å². The number of carbonyl (C=O) groups excluding carboxylic acids is 1. The minimum atomic E-state index is -0.140. The molecule has 0 aliphatic heterocycles. The molecule has 1 rings (SSSR count). The Labute approximate surface area is 77.7 Å². The van der Waals surface area contributed by atoms with Crippen molar-refractivity contribution in [2.75, 3.05) is 7.05 Å². The maximum Gasteiger partial charge on any atom is 0.273 e. The van der Waals surface area contributed by atoms with Gasteiger partial charge >= 0.3 is 0 Å². The van der Waals surface area contributed by atoms with E-state index in [1.807, 2.05) is 25.1 Å². The fourth-order valence-corrected chi connectivity index (χ4v) is 1.03. The van der Waals surface area contributed by atoms with E-state index in [1.165, 1.54) is 5.01 Å². The molecule has 1 amide bonds. The number of aryl methyl sites for hydroxylation is 1. The molecule has 0 bridgehead atoms. The van der Waals surface area contributed by atoms with E-state index in [0.29, 0.717) is 5.56 Å². The van der Waals surface area contributed by atoms with Crippen LogP contribution in [0.5, 0.6) is 0 Å². The highest BCUT2D eigenvalue weighted by molar-refractivity contribution is 5.94. The first kappa shape index (κ1) is 9.45. The third-order valence-corrected chi connectivity index (χ3v) is 1.77. The molecule has 0 heterocycles. The Kier molecular flexibility index (Phi) is 2.80. The van der Waals surface area contributed by atoms with Crippen molar-refractivity contribution >= 4 is 12.6 Å². The van der Waals surface area contributed by atoms with E-state index < -0.39 is 0 Å². The van der Waals surface area contributed by atoms with Gasteiger partial charge in [0.1, 0.15) is 0 Å². The fraction of sp³-hybridized carbons (Fsp3) is 0.200. The first-order valence-electron chi connectivity index (χ1n) is 3.96. The number of hydrogen-bond acceptors (Lipinski definition) is 2. The summed E-state index contributed by atoms with van der Waals surface area (Å²) in [5.41, 5.74) is 1.69. The summed E-state index contributed by atoms with van der Waals surface area (Å²) in [6.07, 6.45) is 0. The number of benzene rings is 1. The highest BCUT2D eigenvalue weighted by atomic mass is 16.2. The van der Waals surface area contributed by atoms with Crippen LogP contribution >= 0.6 is 0 Å². The summed E-state index contributed by atoms with van der Waals surface area (Å²) < 4.78 is 0. The standard InChI is InChI=1S/C10H12N2O/c1-8-5-4-6-9(7-8)10(13)12(3)11-2/h4-7H,2H2,1,3H3. The molecule has 0 fully saturated rings. The topological polar surface area (TPSA) is 32.7 Å². The molecule has 0 aromatic heterocycles. The van der Waals surface area contributed by atoms with Crippen molar-refractivity contribution in [1.82, 2.24) is 5.01 Å². The average Bonchev–Trinajstić information content (AvgIpc) is 2.15. The molecular formula is C10H12N2O. The number of hydrogen-bond donors (Lipinski definition) is 0. The van der Waals surface area contributed by atoms with E-state index in [-0.39, 0.29) is 5.91 Å². The Morgan fingerprint density at radius 3 is 2.77 bits per heavy atom. The van der Waals surface area contributed by atoms with Gasteiger partial charge in [-0.25, -0.2) is 5.01 Å². The number of amides is 1. The normalized spacial score (nSPS) is 9.38. The van der Waals surface area contributed by atoms with Crippen molar-refractivity contribution in [3.05, 3.63) is 35.4 Å². The molecular weight excluding hydrogens is 164 g/mol. The second-order valence-corrected chi connectivity index (χ2v) is 2.84. The zero-order valence-corrected chi connectivity index (χ0v) is 7.82. The van der Waals surface area contributed by atoms with Crippen molar-refractivity contribution in [1.29, 1.82) is 0 Å². The van der Waals surface area contributed by atoms with Gasteiger partial charge in [-0.1, -0.05) is 17.7 Å². The van der Waals surface area contributed by atoms with E-state index in [2.05, 4.69) is 11.8 Å². The quantitative estimate of drug-likeness (QED) is 0.498. The number of rotatable bonds is 2. The first-order valence-corrected chi connectivity index (χ1v) is 3.96. The van der Waals surface area contributed by atoms with Gasteiger partial charge in [-0.05, 0) is 19.1 Å². The van der Waals surface area contributed by atoms with Crippen LogP contribution < -0.4 is 0 Å². The molecule has 0 aliphatic carbocycles. The molecule has 3 nitrogen and oxygen atoms in total. The Bertz CT molecular complexity index is 333. The number of carbonyl (C=O) groups is 1. The zero-order chi connectivity index (χ0) is 9.84. The van der Waals surface area contributed by atoms with E-state index in [9.17, 15) is 4.79 Å². The fourth-order valence-electron chi connectivity index (χ4n) is 1.03. The Morgan fingerprint density at radius 1 is 1.54 bits per heavy atom. The summed E-state index contributed by atoms with van der Waals surface area (Å²) in [4.78, 5) is 11.5. The second kappa shape index (κ2) is 3.85. The van der Waals surface area contributed by atoms with E-state index in [4.69, 9.17) is 0 Å². The molecule has 0 atom stereocenters. The predicted molar refractivity (Wildman–Crippen MR) is 52.8 cm³/mol. The summed E-state index contributed by atoms with van der Waals surface area (Å²) in [7, 11) is 1.58. The highest BCUT2D eigenvalue weighted by Crippen LogP contribution is 2.06. The second-order valence-electron chi connectivity index (χ2n) is 2.84. The molecule has 0 unspecified atom stereocenters. The summed E-state index contributed by atoms with van der Waals surface area (Å²) in [6, 6.07) is 7.37. The van der Waals surface area contributed by atoms with Crippen molar-refractivity contribution in [3.63, 3.8) is 0 Å². The van der Waals surface area contributed by atoms with Gasteiger partial charge in [0.2, 0.25) is 0 Å². The molecule has 0 spiro atoms. The van der Waals surface area contributed by atoms with E-state index in [1.54, 1.807) is 13.1 Å². The smallest absolute Gasteiger partial charge is 0.267 e. The van der Waals surface area contributed by atoms with Crippen molar-refractivity contribution in [2.24, 2.45) is 5.10 Å². The Morgan fingerprint density at radius 2 is 2.23 bits per heavy atom. The summed E-state index contributed by atoms with van der Waals surface area (Å²) in [5, 5.41) is 4.75. The van der Waals surface area contributed by atoms with Gasteiger partial charge in [-0.2, -0.15) is 5.10 Å². The lowest BCUT2D eigenvalue weighted by atomic mass is 10.1. The van der Waals surface area contributed by atoms with Gasteiger partial charge in [-0.15, -0.1) is 0 Å². The number of hydrazone groups is 1. The third kappa shape index (κ3) is 2.15. The largest absolute Gasteiger partial charge is 0.273 e. The van der Waals surface area contributed by atoms with Gasteiger partial charge in [0.25, 0.3) is 5.91 Å². The predicted octanol–water partition coefficient (Wildman–Crippen LogP) is 1.68. The maximum atomic E-state index is 11.5. The van der Waals surface area contributed by atoms with Gasteiger partial charge in [0.15, 0.2) is 0 Å². The molecule has 3 heteroatoms. The highest BCUT2D eigenvalue weighted by Gasteiger charge is 2.08. The lowest BCUT2D eigenvalue weighted by Crippen LogP contribution is -2.20. The minimum absolute atomic E-state index is 0.140. The summed E-state index contributed by atoms with van der Waals surface area (Å²) in [5.74, 6) is -0.140. The molecule has 0 saturated heterocycles. The lowest BCUT2D eigenvalue weighted by molar-refractivity contribution is 0.0801. The third-order valence-electron chi connectivity index (χ3n) is 1.77. The van der Waals surface area contributed by atoms with Gasteiger partial charge in [0.05, 0.1) is 0 Å². The zero-order valence-electron chi connectivity index (χ0n) is 7.82. The monoisotopic (exact) mass is 176 g/mol. The molecule has 0 aliphatic rings. The van der Waals surface area contributed by atoms with Gasteiger partial charge in [-0.3, -0.25) is 4.79 Å². The lowest BCUT2D eigenvalue weighted by Gasteiger charge is -2.09. The maximum absolute atomic E-state index is 11.5. The molecule has 68 valence electrons. The van der Waals surface area contributed by atoms with Crippen LogP contribution in [-0.2, 0) is 0 Å². The van der Waals surface area contributed by atoms with Crippen molar-refractivity contribution in [3.8, 4) is 0 Å². The molecule has 0 saturated carbocycles. The van der Waals surface area contributed by atoms with E-state index in [0.717, 1.165) is 5.56 Å². The SMILES string of the molecule is C=NN(C)C(=O)c1cccc(C)c1. The van der Waals surface area contributed by atoms with E-state index >= 15 is 0 Å². The molecule has 1 aromatic carbocycles. The van der Waals surface area contributed by atoms with Crippen molar-refractivity contribution in [2.45, 2.75) is 6.92 Å². The van der Waals surface area contributed by atoms with Crippen LogP contribution in [0.25, 0.3) is 0 Å². The van der Waals surface area contributed by atoms with Gasteiger partial charge in [0, 0.05) is 19.3 Å². The molecule has 0 N–H and O–H groups in total. The molecule has 0 radical (unpaired) electrons. The Balaban J connectivity index is 2.95. The molecule has 1 aromatic rings. The van der Waals surface area contributed by atoms with Gasteiger partial charge < -0.3 is 0 Å². The van der Waals surface area contributed by atoms with Crippen LogP contribution in [0.2, 0.25) is 0 Å². The van der Waals surface area contributed by atoms with Crippen LogP contribution in [0.15, 0.2) is 29.4 Å². The van der Waals surface area contributed by atoms with Crippen LogP contribution in [0.3, 0.4) is 0 Å². The average molecular weight is 176 g/mol. The summed E-state index contributed by atoms with van der Waals surface area (Å²) in [6.45, 7) is 5.23.